The molecule has 6 nitrogen and oxygen atoms in total. The first-order valence-electron chi connectivity index (χ1n) is 5.40. The molecule has 18 heavy (non-hydrogen) atoms. The van der Waals surface area contributed by atoms with Gasteiger partial charge in [-0.15, -0.1) is 0 Å². The van der Waals surface area contributed by atoms with Gasteiger partial charge >= 0.3 is 5.69 Å². The largest absolute Gasteiger partial charge is 0.347 e. The summed E-state index contributed by atoms with van der Waals surface area (Å²) in [6.07, 6.45) is 1.97. The Morgan fingerprint density at radius 2 is 2.22 bits per heavy atom. The molecule has 0 saturated heterocycles. The molecular formula is C11H14ClN3O3. The molecule has 1 heterocycles. The van der Waals surface area contributed by atoms with Gasteiger partial charge in [0, 0.05) is 11.7 Å². The lowest BCUT2D eigenvalue weighted by molar-refractivity contribution is -0.385. The monoisotopic (exact) mass is 271 g/mol. The van der Waals surface area contributed by atoms with Crippen molar-refractivity contribution in [2.45, 2.75) is 32.7 Å². The van der Waals surface area contributed by atoms with Crippen LogP contribution in [0.4, 0.5) is 5.69 Å². The molecule has 0 aliphatic carbocycles. The van der Waals surface area contributed by atoms with Crippen molar-refractivity contribution in [3.63, 3.8) is 0 Å². The first-order valence-corrected chi connectivity index (χ1v) is 5.77. The van der Waals surface area contributed by atoms with Crippen LogP contribution in [-0.2, 0) is 0 Å². The number of hydrogen-bond acceptors (Lipinski definition) is 4. The number of pyridine rings is 1. The predicted octanol–water partition coefficient (Wildman–Crippen LogP) is 2.56. The molecule has 0 spiro atoms. The highest BCUT2D eigenvalue weighted by Crippen LogP contribution is 2.26. The number of rotatable bonds is 4. The van der Waals surface area contributed by atoms with Gasteiger partial charge in [0.25, 0.3) is 5.91 Å². The summed E-state index contributed by atoms with van der Waals surface area (Å²) < 4.78 is 0. The van der Waals surface area contributed by atoms with Crippen molar-refractivity contribution < 1.29 is 9.72 Å². The first-order chi connectivity index (χ1) is 8.28. The minimum Gasteiger partial charge on any atom is -0.347 e. The van der Waals surface area contributed by atoms with Crippen LogP contribution in [0.1, 0.15) is 37.6 Å². The molecule has 98 valence electrons. The highest BCUT2D eigenvalue weighted by molar-refractivity contribution is 6.32. The predicted molar refractivity (Wildman–Crippen MR) is 67.7 cm³/mol. The maximum atomic E-state index is 12.0. The molecule has 0 fully saturated rings. The average molecular weight is 272 g/mol. The third kappa shape index (κ3) is 3.16. The van der Waals surface area contributed by atoms with Crippen LogP contribution >= 0.6 is 11.6 Å². The minimum absolute atomic E-state index is 0.0819. The van der Waals surface area contributed by atoms with E-state index < -0.39 is 22.1 Å². The second kappa shape index (κ2) is 5.30. The zero-order chi connectivity index (χ0) is 13.9. The number of carbonyl (C=O) groups excluding carboxylic acids is 1. The fourth-order valence-electron chi connectivity index (χ4n) is 1.25. The molecule has 1 amide bonds. The molecule has 1 N–H and O–H groups in total. The Morgan fingerprint density at radius 3 is 2.72 bits per heavy atom. The topological polar surface area (TPSA) is 85.1 Å². The molecule has 0 bridgehead atoms. The maximum Gasteiger partial charge on any atom is 0.319 e. The highest BCUT2D eigenvalue weighted by atomic mass is 35.5. The molecule has 1 aromatic heterocycles. The van der Waals surface area contributed by atoms with Gasteiger partial charge in [0.15, 0.2) is 0 Å². The summed E-state index contributed by atoms with van der Waals surface area (Å²) in [6.45, 7) is 5.58. The van der Waals surface area contributed by atoms with Crippen molar-refractivity contribution in [1.29, 1.82) is 0 Å². The summed E-state index contributed by atoms with van der Waals surface area (Å²) in [5.74, 6) is -0.530. The molecule has 0 atom stereocenters. The lowest BCUT2D eigenvalue weighted by Gasteiger charge is -2.24. The Hall–Kier alpha value is -1.69. The zero-order valence-corrected chi connectivity index (χ0v) is 11.1. The second-order valence-corrected chi connectivity index (χ2v) is 4.80. The van der Waals surface area contributed by atoms with Gasteiger partial charge in [-0.25, -0.2) is 4.98 Å². The second-order valence-electron chi connectivity index (χ2n) is 4.45. The van der Waals surface area contributed by atoms with E-state index in [1.807, 2.05) is 20.8 Å². The van der Waals surface area contributed by atoms with E-state index in [1.54, 1.807) is 0 Å². The number of nitrogens with zero attached hydrogens (tertiary/aromatic N) is 2. The zero-order valence-electron chi connectivity index (χ0n) is 10.4. The van der Waals surface area contributed by atoms with Crippen LogP contribution in [0.25, 0.3) is 0 Å². The molecule has 0 unspecified atom stereocenters. The van der Waals surface area contributed by atoms with Crippen LogP contribution in [0.2, 0.25) is 5.15 Å². The van der Waals surface area contributed by atoms with Crippen LogP contribution in [0.15, 0.2) is 12.3 Å². The normalized spacial score (nSPS) is 11.1. The summed E-state index contributed by atoms with van der Waals surface area (Å²) in [4.78, 5) is 25.8. The van der Waals surface area contributed by atoms with Gasteiger partial charge in [-0.2, -0.15) is 0 Å². The minimum atomic E-state index is -0.705. The summed E-state index contributed by atoms with van der Waals surface area (Å²) in [5.41, 5.74) is -0.995. The van der Waals surface area contributed by atoms with Crippen molar-refractivity contribution in [3.8, 4) is 0 Å². The van der Waals surface area contributed by atoms with E-state index in [9.17, 15) is 14.9 Å². The van der Waals surface area contributed by atoms with Gasteiger partial charge in [0.1, 0.15) is 5.56 Å². The van der Waals surface area contributed by atoms with E-state index in [0.29, 0.717) is 6.42 Å². The number of hydrogen-bond donors (Lipinski definition) is 1. The van der Waals surface area contributed by atoms with Crippen LogP contribution in [0, 0.1) is 10.1 Å². The molecule has 0 aliphatic rings. The van der Waals surface area contributed by atoms with E-state index in [0.717, 1.165) is 0 Å². The summed E-state index contributed by atoms with van der Waals surface area (Å²) in [6, 6.07) is 1.28. The van der Waals surface area contributed by atoms with Crippen molar-refractivity contribution in [1.82, 2.24) is 10.3 Å². The Balaban J connectivity index is 3.14. The van der Waals surface area contributed by atoms with Crippen molar-refractivity contribution in [2.24, 2.45) is 0 Å². The molecule has 7 heteroatoms. The fraction of sp³-hybridized carbons (Fsp3) is 0.455. The quantitative estimate of drug-likeness (QED) is 0.518. The Bertz CT molecular complexity index is 488. The molecular weight excluding hydrogens is 258 g/mol. The lowest BCUT2D eigenvalue weighted by Crippen LogP contribution is -2.43. The van der Waals surface area contributed by atoms with Crippen LogP contribution in [-0.4, -0.2) is 21.4 Å². The first kappa shape index (κ1) is 14.4. The molecule has 0 aromatic carbocycles. The standard InChI is InChI=1S/C11H14ClN3O3/c1-4-11(2,3)14-10(16)7-5-6-13-9(12)8(7)15(17)18/h5-6H,4H2,1-3H3,(H,14,16). The van der Waals surface area contributed by atoms with Crippen molar-refractivity contribution >= 4 is 23.2 Å². The van der Waals surface area contributed by atoms with Gasteiger partial charge in [0.2, 0.25) is 5.15 Å². The Morgan fingerprint density at radius 1 is 1.61 bits per heavy atom. The molecule has 0 aliphatic heterocycles. The number of nitro groups is 1. The Labute approximate surface area is 110 Å². The number of amides is 1. The number of aromatic nitrogens is 1. The number of carbonyl (C=O) groups is 1. The van der Waals surface area contributed by atoms with E-state index in [-0.39, 0.29) is 10.7 Å². The fourth-order valence-corrected chi connectivity index (χ4v) is 1.48. The third-order valence-corrected chi connectivity index (χ3v) is 2.92. The van der Waals surface area contributed by atoms with Gasteiger partial charge in [0.05, 0.1) is 4.92 Å². The molecule has 0 saturated carbocycles. The van der Waals surface area contributed by atoms with E-state index in [4.69, 9.17) is 11.6 Å². The number of nitrogens with one attached hydrogen (secondary N) is 1. The van der Waals surface area contributed by atoms with Gasteiger partial charge in [-0.1, -0.05) is 18.5 Å². The van der Waals surface area contributed by atoms with Crippen LogP contribution in [0.3, 0.4) is 0 Å². The molecule has 0 radical (unpaired) electrons. The summed E-state index contributed by atoms with van der Waals surface area (Å²) in [5, 5.41) is 13.3. The van der Waals surface area contributed by atoms with Gasteiger partial charge in [-0.05, 0) is 26.3 Å². The maximum absolute atomic E-state index is 12.0. The lowest BCUT2D eigenvalue weighted by atomic mass is 10.0. The number of halogens is 1. The summed E-state index contributed by atoms with van der Waals surface area (Å²) in [7, 11) is 0. The molecule has 1 aromatic rings. The summed E-state index contributed by atoms with van der Waals surface area (Å²) >= 11 is 5.64. The molecule has 1 rings (SSSR count). The Kier molecular flexibility index (Phi) is 4.24. The third-order valence-electron chi connectivity index (χ3n) is 2.64. The van der Waals surface area contributed by atoms with Gasteiger partial charge < -0.3 is 5.32 Å². The average Bonchev–Trinajstić information content (AvgIpc) is 2.27. The van der Waals surface area contributed by atoms with Gasteiger partial charge in [-0.3, -0.25) is 14.9 Å². The van der Waals surface area contributed by atoms with E-state index in [2.05, 4.69) is 10.3 Å². The van der Waals surface area contributed by atoms with Crippen molar-refractivity contribution in [3.05, 3.63) is 33.1 Å². The highest BCUT2D eigenvalue weighted by Gasteiger charge is 2.27. The van der Waals surface area contributed by atoms with Crippen LogP contribution in [0.5, 0.6) is 0 Å². The SMILES string of the molecule is CCC(C)(C)NC(=O)c1ccnc(Cl)c1[N+](=O)[O-]. The van der Waals surface area contributed by atoms with E-state index >= 15 is 0 Å². The van der Waals surface area contributed by atoms with E-state index in [1.165, 1.54) is 12.3 Å². The smallest absolute Gasteiger partial charge is 0.319 e. The van der Waals surface area contributed by atoms with Crippen molar-refractivity contribution in [2.75, 3.05) is 0 Å². The van der Waals surface area contributed by atoms with Crippen LogP contribution < -0.4 is 5.32 Å².